The van der Waals surface area contributed by atoms with E-state index in [4.69, 9.17) is 4.74 Å². The molecule has 0 aliphatic rings. The summed E-state index contributed by atoms with van der Waals surface area (Å²) < 4.78 is 16.9. The number of carbonyl (C=O) groups is 1. The normalized spacial score (nSPS) is 12.1. The van der Waals surface area contributed by atoms with Gasteiger partial charge in [-0.05, 0) is 25.5 Å². The third-order valence-electron chi connectivity index (χ3n) is 2.21. The van der Waals surface area contributed by atoms with Crippen molar-refractivity contribution in [1.29, 1.82) is 0 Å². The molecule has 1 atom stereocenters. The van der Waals surface area contributed by atoms with E-state index in [1.54, 1.807) is 18.2 Å². The molecule has 0 saturated heterocycles. The molecule has 0 amide bonds. The maximum atomic E-state index is 12.0. The standard InChI is InChI=1S/C13H18O3S/c1-3-9-17(15)10-12(14)11-7-5-6-8-13(11)16-4-2/h5-8H,3-4,9-10H2,1-2H3. The van der Waals surface area contributed by atoms with Crippen LogP contribution in [0.15, 0.2) is 24.3 Å². The van der Waals surface area contributed by atoms with Crippen molar-refractivity contribution >= 4 is 16.6 Å². The van der Waals surface area contributed by atoms with Gasteiger partial charge in [0, 0.05) is 16.6 Å². The molecule has 17 heavy (non-hydrogen) atoms. The molecule has 1 aromatic carbocycles. The lowest BCUT2D eigenvalue weighted by Crippen LogP contribution is -2.14. The number of ketones is 1. The summed E-state index contributed by atoms with van der Waals surface area (Å²) >= 11 is 0. The highest BCUT2D eigenvalue weighted by molar-refractivity contribution is 7.85. The van der Waals surface area contributed by atoms with Crippen LogP contribution >= 0.6 is 0 Å². The number of rotatable bonds is 7. The van der Waals surface area contributed by atoms with E-state index in [-0.39, 0.29) is 11.5 Å². The minimum absolute atomic E-state index is 0.0813. The van der Waals surface area contributed by atoms with Crippen molar-refractivity contribution in [2.45, 2.75) is 20.3 Å². The van der Waals surface area contributed by atoms with Crippen LogP contribution in [-0.2, 0) is 10.8 Å². The van der Waals surface area contributed by atoms with Gasteiger partial charge in [0.05, 0.1) is 17.9 Å². The van der Waals surface area contributed by atoms with Crippen molar-refractivity contribution in [3.8, 4) is 5.75 Å². The Hall–Kier alpha value is -1.16. The Kier molecular flexibility index (Phi) is 5.91. The van der Waals surface area contributed by atoms with E-state index in [1.165, 1.54) is 0 Å². The third kappa shape index (κ3) is 4.30. The molecule has 0 aliphatic carbocycles. The zero-order valence-electron chi connectivity index (χ0n) is 10.3. The highest BCUT2D eigenvalue weighted by atomic mass is 32.2. The predicted octanol–water partition coefficient (Wildman–Crippen LogP) is 2.43. The summed E-state index contributed by atoms with van der Waals surface area (Å²) in [5.41, 5.74) is 0.527. The first-order valence-corrected chi connectivity index (χ1v) is 7.27. The van der Waals surface area contributed by atoms with E-state index in [2.05, 4.69) is 0 Å². The molecule has 0 N–H and O–H groups in total. The second-order valence-corrected chi connectivity index (χ2v) is 5.22. The zero-order valence-corrected chi connectivity index (χ0v) is 11.1. The largest absolute Gasteiger partial charge is 0.493 e. The van der Waals surface area contributed by atoms with Crippen LogP contribution in [0.5, 0.6) is 5.75 Å². The molecular formula is C13H18O3S. The topological polar surface area (TPSA) is 43.4 Å². The van der Waals surface area contributed by atoms with Gasteiger partial charge in [0.25, 0.3) is 0 Å². The molecule has 1 rings (SSSR count). The second-order valence-electron chi connectivity index (χ2n) is 3.64. The van der Waals surface area contributed by atoms with Crippen molar-refractivity contribution in [3.05, 3.63) is 29.8 Å². The average molecular weight is 254 g/mol. The third-order valence-corrected chi connectivity index (χ3v) is 3.66. The molecular weight excluding hydrogens is 236 g/mol. The number of hydrogen-bond acceptors (Lipinski definition) is 3. The number of Topliss-reactive ketones (excluding diaryl/α,β-unsaturated/α-hetero) is 1. The van der Waals surface area contributed by atoms with Crippen molar-refractivity contribution in [2.24, 2.45) is 0 Å². The first-order valence-electron chi connectivity index (χ1n) is 5.79. The first kappa shape index (κ1) is 13.9. The van der Waals surface area contributed by atoms with E-state index in [1.807, 2.05) is 19.9 Å². The summed E-state index contributed by atoms with van der Waals surface area (Å²) in [5, 5.41) is 0. The second kappa shape index (κ2) is 7.22. The van der Waals surface area contributed by atoms with Gasteiger partial charge in [-0.15, -0.1) is 0 Å². The lowest BCUT2D eigenvalue weighted by atomic mass is 10.1. The Morgan fingerprint density at radius 3 is 2.65 bits per heavy atom. The van der Waals surface area contributed by atoms with Gasteiger partial charge in [-0.25, -0.2) is 0 Å². The maximum Gasteiger partial charge on any atom is 0.179 e. The van der Waals surface area contributed by atoms with Crippen molar-refractivity contribution in [2.75, 3.05) is 18.1 Å². The van der Waals surface area contributed by atoms with Crippen molar-refractivity contribution < 1.29 is 13.7 Å². The smallest absolute Gasteiger partial charge is 0.179 e. The fraction of sp³-hybridized carbons (Fsp3) is 0.462. The minimum Gasteiger partial charge on any atom is -0.493 e. The Labute approximate surface area is 105 Å². The molecule has 0 saturated carbocycles. The molecule has 94 valence electrons. The van der Waals surface area contributed by atoms with Gasteiger partial charge in [-0.2, -0.15) is 0 Å². The average Bonchev–Trinajstić information content (AvgIpc) is 2.30. The van der Waals surface area contributed by atoms with Crippen LogP contribution < -0.4 is 4.74 Å². The molecule has 0 bridgehead atoms. The summed E-state index contributed by atoms with van der Waals surface area (Å²) in [6.45, 7) is 4.34. The summed E-state index contributed by atoms with van der Waals surface area (Å²) in [6, 6.07) is 7.10. The van der Waals surface area contributed by atoms with Gasteiger partial charge in [0.1, 0.15) is 5.75 Å². The van der Waals surface area contributed by atoms with E-state index in [0.29, 0.717) is 23.7 Å². The van der Waals surface area contributed by atoms with Crippen LogP contribution in [0, 0.1) is 0 Å². The predicted molar refractivity (Wildman–Crippen MR) is 70.1 cm³/mol. The summed E-state index contributed by atoms with van der Waals surface area (Å²) in [7, 11) is -1.07. The number of hydrogen-bond donors (Lipinski definition) is 0. The highest BCUT2D eigenvalue weighted by Crippen LogP contribution is 2.18. The number of ether oxygens (including phenoxy) is 1. The fourth-order valence-corrected chi connectivity index (χ4v) is 2.55. The summed E-state index contributed by atoms with van der Waals surface area (Å²) in [5.74, 6) is 1.12. The highest BCUT2D eigenvalue weighted by Gasteiger charge is 2.14. The molecule has 0 heterocycles. The SMILES string of the molecule is CCCS(=O)CC(=O)c1ccccc1OCC. The van der Waals surface area contributed by atoms with E-state index in [9.17, 15) is 9.00 Å². The van der Waals surface area contributed by atoms with E-state index in [0.717, 1.165) is 6.42 Å². The van der Waals surface area contributed by atoms with Gasteiger partial charge in [-0.1, -0.05) is 19.1 Å². The van der Waals surface area contributed by atoms with Crippen LogP contribution in [0.2, 0.25) is 0 Å². The molecule has 0 spiro atoms. The summed E-state index contributed by atoms with van der Waals surface area (Å²) in [6.07, 6.45) is 0.826. The first-order chi connectivity index (χ1) is 8.19. The summed E-state index contributed by atoms with van der Waals surface area (Å²) in [4.78, 5) is 12.0. The Morgan fingerprint density at radius 1 is 1.29 bits per heavy atom. The van der Waals surface area contributed by atoms with Gasteiger partial charge in [0.2, 0.25) is 0 Å². The molecule has 0 aliphatic heterocycles. The van der Waals surface area contributed by atoms with Crippen LogP contribution in [-0.4, -0.2) is 28.1 Å². The molecule has 0 aromatic heterocycles. The molecule has 3 nitrogen and oxygen atoms in total. The Balaban J connectivity index is 2.77. The van der Waals surface area contributed by atoms with Gasteiger partial charge < -0.3 is 4.74 Å². The van der Waals surface area contributed by atoms with Gasteiger partial charge in [-0.3, -0.25) is 9.00 Å². The Morgan fingerprint density at radius 2 is 2.00 bits per heavy atom. The van der Waals surface area contributed by atoms with E-state index < -0.39 is 10.8 Å². The lowest BCUT2D eigenvalue weighted by molar-refractivity contribution is 0.101. The molecule has 1 aromatic rings. The van der Waals surface area contributed by atoms with Crippen LogP contribution in [0.1, 0.15) is 30.6 Å². The molecule has 1 unspecified atom stereocenters. The molecule has 4 heteroatoms. The van der Waals surface area contributed by atoms with Crippen LogP contribution in [0.3, 0.4) is 0 Å². The zero-order chi connectivity index (χ0) is 12.7. The number of para-hydroxylation sites is 1. The van der Waals surface area contributed by atoms with E-state index >= 15 is 0 Å². The number of carbonyl (C=O) groups excluding carboxylic acids is 1. The quantitative estimate of drug-likeness (QED) is 0.702. The van der Waals surface area contributed by atoms with Gasteiger partial charge >= 0.3 is 0 Å². The van der Waals surface area contributed by atoms with Crippen LogP contribution in [0.4, 0.5) is 0 Å². The lowest BCUT2D eigenvalue weighted by Gasteiger charge is -2.08. The minimum atomic E-state index is -1.07. The molecule has 0 fully saturated rings. The van der Waals surface area contributed by atoms with Crippen molar-refractivity contribution in [1.82, 2.24) is 0 Å². The number of benzene rings is 1. The molecule has 0 radical (unpaired) electrons. The Bertz CT molecular complexity index is 401. The van der Waals surface area contributed by atoms with Gasteiger partial charge in [0.15, 0.2) is 5.78 Å². The maximum absolute atomic E-state index is 12.0. The fourth-order valence-electron chi connectivity index (χ4n) is 1.50. The van der Waals surface area contributed by atoms with Crippen LogP contribution in [0.25, 0.3) is 0 Å². The van der Waals surface area contributed by atoms with Crippen molar-refractivity contribution in [3.63, 3.8) is 0 Å². The monoisotopic (exact) mass is 254 g/mol.